The van der Waals surface area contributed by atoms with Crippen LogP contribution in [-0.2, 0) is 6.54 Å². The first kappa shape index (κ1) is 15.0. The van der Waals surface area contributed by atoms with Crippen LogP contribution in [0.2, 0.25) is 0 Å². The Bertz CT molecular complexity index is 769. The molecule has 0 aliphatic heterocycles. The largest absolute Gasteiger partial charge is 0.344 e. The van der Waals surface area contributed by atoms with Crippen molar-refractivity contribution in [1.82, 2.24) is 20.1 Å². The van der Waals surface area contributed by atoms with E-state index in [0.717, 1.165) is 11.3 Å². The number of aromatic nitrogens is 3. The topological polar surface area (TPSA) is 59.8 Å². The van der Waals surface area contributed by atoms with Crippen molar-refractivity contribution < 1.29 is 4.79 Å². The van der Waals surface area contributed by atoms with Gasteiger partial charge in [-0.1, -0.05) is 24.3 Å². The highest BCUT2D eigenvalue weighted by Crippen LogP contribution is 2.14. The molecule has 116 valence electrons. The van der Waals surface area contributed by atoms with Crippen molar-refractivity contribution in [3.63, 3.8) is 0 Å². The highest BCUT2D eigenvalue weighted by Gasteiger charge is 2.15. The van der Waals surface area contributed by atoms with Crippen molar-refractivity contribution >= 4 is 5.91 Å². The van der Waals surface area contributed by atoms with Crippen LogP contribution in [0.5, 0.6) is 0 Å². The number of pyridine rings is 1. The summed E-state index contributed by atoms with van der Waals surface area (Å²) in [7, 11) is 0. The maximum absolute atomic E-state index is 12.6. The fourth-order valence-electron chi connectivity index (χ4n) is 2.43. The SMILES string of the molecule is C[C@H](NC(=O)c1ccccc1Cn1cccn1)c1ccccn1. The van der Waals surface area contributed by atoms with Gasteiger partial charge in [-0.15, -0.1) is 0 Å². The Balaban J connectivity index is 1.77. The number of benzene rings is 1. The Morgan fingerprint density at radius 3 is 2.70 bits per heavy atom. The number of hydrogen-bond acceptors (Lipinski definition) is 3. The molecule has 2 heterocycles. The minimum Gasteiger partial charge on any atom is -0.344 e. The number of hydrogen-bond donors (Lipinski definition) is 1. The zero-order valence-electron chi connectivity index (χ0n) is 12.9. The van der Waals surface area contributed by atoms with Gasteiger partial charge in [0.1, 0.15) is 0 Å². The molecule has 0 aliphatic carbocycles. The Kier molecular flexibility index (Phi) is 4.47. The standard InChI is InChI=1S/C18H18N4O/c1-14(17-9-4-5-10-19-17)21-18(23)16-8-3-2-7-15(16)13-22-12-6-11-20-22/h2-12,14H,13H2,1H3,(H,21,23)/t14-/m0/s1. The van der Waals surface area contributed by atoms with Crippen molar-refractivity contribution in [3.8, 4) is 0 Å². The first-order valence-electron chi connectivity index (χ1n) is 7.51. The van der Waals surface area contributed by atoms with E-state index in [1.165, 1.54) is 0 Å². The second kappa shape index (κ2) is 6.87. The molecule has 3 rings (SSSR count). The van der Waals surface area contributed by atoms with Gasteiger partial charge < -0.3 is 5.32 Å². The molecule has 0 unspecified atom stereocenters. The second-order valence-corrected chi connectivity index (χ2v) is 5.31. The van der Waals surface area contributed by atoms with Gasteiger partial charge in [-0.2, -0.15) is 5.10 Å². The minimum absolute atomic E-state index is 0.106. The molecular formula is C18H18N4O. The van der Waals surface area contributed by atoms with Crippen molar-refractivity contribution in [2.45, 2.75) is 19.5 Å². The van der Waals surface area contributed by atoms with Crippen LogP contribution in [0.15, 0.2) is 67.1 Å². The van der Waals surface area contributed by atoms with E-state index >= 15 is 0 Å². The number of nitrogens with one attached hydrogen (secondary N) is 1. The Labute approximate surface area is 135 Å². The lowest BCUT2D eigenvalue weighted by molar-refractivity contribution is 0.0938. The van der Waals surface area contributed by atoms with Crippen molar-refractivity contribution in [2.75, 3.05) is 0 Å². The molecule has 0 spiro atoms. The molecule has 1 N–H and O–H groups in total. The highest BCUT2D eigenvalue weighted by molar-refractivity contribution is 5.95. The number of rotatable bonds is 5. The maximum atomic E-state index is 12.6. The van der Waals surface area contributed by atoms with Crippen molar-refractivity contribution in [2.24, 2.45) is 0 Å². The van der Waals surface area contributed by atoms with Gasteiger partial charge in [0.2, 0.25) is 0 Å². The van der Waals surface area contributed by atoms with Crippen LogP contribution in [0, 0.1) is 0 Å². The van der Waals surface area contributed by atoms with Gasteiger partial charge in [0.25, 0.3) is 5.91 Å². The number of carbonyl (C=O) groups is 1. The fraction of sp³-hybridized carbons (Fsp3) is 0.167. The molecule has 1 amide bonds. The summed E-state index contributed by atoms with van der Waals surface area (Å²) in [5.74, 6) is -0.106. The van der Waals surface area contributed by atoms with Crippen LogP contribution in [0.4, 0.5) is 0 Å². The number of amides is 1. The third-order valence-corrected chi connectivity index (χ3v) is 3.63. The van der Waals surface area contributed by atoms with Crippen LogP contribution in [0.3, 0.4) is 0 Å². The molecule has 0 radical (unpaired) electrons. The van der Waals surface area contributed by atoms with Crippen molar-refractivity contribution in [1.29, 1.82) is 0 Å². The monoisotopic (exact) mass is 306 g/mol. The summed E-state index contributed by atoms with van der Waals surface area (Å²) in [4.78, 5) is 16.9. The first-order chi connectivity index (χ1) is 11.2. The van der Waals surface area contributed by atoms with E-state index in [1.807, 2.05) is 61.7 Å². The summed E-state index contributed by atoms with van der Waals surface area (Å²) in [6.07, 6.45) is 5.33. The van der Waals surface area contributed by atoms with Gasteiger partial charge >= 0.3 is 0 Å². The predicted octanol–water partition coefficient (Wildman–Crippen LogP) is 2.82. The van der Waals surface area contributed by atoms with Crippen LogP contribution >= 0.6 is 0 Å². The summed E-state index contributed by atoms with van der Waals surface area (Å²) in [5, 5.41) is 7.20. The van der Waals surface area contributed by atoms with E-state index in [9.17, 15) is 4.79 Å². The van der Waals surface area contributed by atoms with Crippen molar-refractivity contribution in [3.05, 3.63) is 83.9 Å². The third kappa shape index (κ3) is 3.63. The van der Waals surface area contributed by atoms with E-state index in [1.54, 1.807) is 17.1 Å². The molecule has 0 saturated heterocycles. The molecule has 5 heteroatoms. The average molecular weight is 306 g/mol. The lowest BCUT2D eigenvalue weighted by atomic mass is 10.1. The summed E-state index contributed by atoms with van der Waals surface area (Å²) in [6.45, 7) is 2.49. The van der Waals surface area contributed by atoms with Gasteiger partial charge in [-0.05, 0) is 36.8 Å². The second-order valence-electron chi connectivity index (χ2n) is 5.31. The van der Waals surface area contributed by atoms with Crippen LogP contribution in [0.1, 0.15) is 34.6 Å². The zero-order chi connectivity index (χ0) is 16.1. The van der Waals surface area contributed by atoms with E-state index < -0.39 is 0 Å². The molecule has 0 fully saturated rings. The normalized spacial score (nSPS) is 11.9. The molecule has 23 heavy (non-hydrogen) atoms. The van der Waals surface area contributed by atoms with Gasteiger partial charge in [0.15, 0.2) is 0 Å². The van der Waals surface area contributed by atoms with Crippen LogP contribution in [-0.4, -0.2) is 20.7 Å². The fourth-order valence-corrected chi connectivity index (χ4v) is 2.43. The Hall–Kier alpha value is -2.95. The Morgan fingerprint density at radius 2 is 1.96 bits per heavy atom. The summed E-state index contributed by atoms with van der Waals surface area (Å²) < 4.78 is 1.80. The first-order valence-corrected chi connectivity index (χ1v) is 7.51. The smallest absolute Gasteiger partial charge is 0.252 e. The number of carbonyl (C=O) groups excluding carboxylic acids is 1. The lowest BCUT2D eigenvalue weighted by Gasteiger charge is -2.15. The molecule has 0 saturated carbocycles. The number of nitrogens with zero attached hydrogens (tertiary/aromatic N) is 3. The van der Waals surface area contributed by atoms with Gasteiger partial charge in [-0.3, -0.25) is 14.5 Å². The predicted molar refractivity (Wildman–Crippen MR) is 87.9 cm³/mol. The van der Waals surface area contributed by atoms with E-state index in [2.05, 4.69) is 15.4 Å². The summed E-state index contributed by atoms with van der Waals surface area (Å²) >= 11 is 0. The molecule has 5 nitrogen and oxygen atoms in total. The van der Waals surface area contributed by atoms with Gasteiger partial charge in [0, 0.05) is 24.2 Å². The minimum atomic E-state index is -0.151. The highest BCUT2D eigenvalue weighted by atomic mass is 16.1. The molecule has 0 aliphatic rings. The maximum Gasteiger partial charge on any atom is 0.252 e. The average Bonchev–Trinajstić information content (AvgIpc) is 3.09. The quantitative estimate of drug-likeness (QED) is 0.788. The van der Waals surface area contributed by atoms with Crippen LogP contribution < -0.4 is 5.32 Å². The molecule has 1 aromatic carbocycles. The molecular weight excluding hydrogens is 288 g/mol. The van der Waals surface area contributed by atoms with E-state index in [-0.39, 0.29) is 11.9 Å². The van der Waals surface area contributed by atoms with E-state index in [4.69, 9.17) is 0 Å². The third-order valence-electron chi connectivity index (χ3n) is 3.63. The van der Waals surface area contributed by atoms with Gasteiger partial charge in [0.05, 0.1) is 18.3 Å². The van der Waals surface area contributed by atoms with Gasteiger partial charge in [-0.25, -0.2) is 0 Å². The molecule has 2 aromatic heterocycles. The zero-order valence-corrected chi connectivity index (χ0v) is 12.9. The molecule has 3 aromatic rings. The molecule has 0 bridgehead atoms. The lowest BCUT2D eigenvalue weighted by Crippen LogP contribution is -2.28. The van der Waals surface area contributed by atoms with Crippen LogP contribution in [0.25, 0.3) is 0 Å². The molecule has 1 atom stereocenters. The summed E-state index contributed by atoms with van der Waals surface area (Å²) in [6, 6.07) is 15.0. The van der Waals surface area contributed by atoms with E-state index in [0.29, 0.717) is 12.1 Å². The Morgan fingerprint density at radius 1 is 1.13 bits per heavy atom. The summed E-state index contributed by atoms with van der Waals surface area (Å²) in [5.41, 5.74) is 2.43.